The van der Waals surface area contributed by atoms with E-state index in [1.165, 1.54) is 0 Å². The van der Waals surface area contributed by atoms with Gasteiger partial charge in [0.1, 0.15) is 11.6 Å². The molecular weight excluding hydrogens is 404 g/mol. The summed E-state index contributed by atoms with van der Waals surface area (Å²) in [6.07, 6.45) is 2.58. The molecule has 0 saturated carbocycles. The van der Waals surface area contributed by atoms with Crippen molar-refractivity contribution in [1.29, 1.82) is 0 Å². The molecule has 1 amide bonds. The number of amides is 1. The van der Waals surface area contributed by atoms with E-state index >= 15 is 0 Å². The Morgan fingerprint density at radius 2 is 1.81 bits per heavy atom. The van der Waals surface area contributed by atoms with Crippen LogP contribution < -0.4 is 10.4 Å². The molecule has 1 aliphatic heterocycles. The van der Waals surface area contributed by atoms with Crippen molar-refractivity contribution in [1.82, 2.24) is 19.7 Å². The van der Waals surface area contributed by atoms with Gasteiger partial charge in [0.2, 0.25) is 0 Å². The lowest BCUT2D eigenvalue weighted by molar-refractivity contribution is 0.0689. The fourth-order valence-electron chi connectivity index (χ4n) is 4.26. The van der Waals surface area contributed by atoms with E-state index in [9.17, 15) is 9.59 Å². The van der Waals surface area contributed by atoms with Gasteiger partial charge in [0, 0.05) is 25.1 Å². The lowest BCUT2D eigenvalue weighted by atomic mass is 9.92. The van der Waals surface area contributed by atoms with Gasteiger partial charge in [-0.15, -0.1) is 0 Å². The summed E-state index contributed by atoms with van der Waals surface area (Å²) in [5.74, 6) is 1.94. The number of likely N-dealkylation sites (tertiary alicyclic amines) is 1. The van der Waals surface area contributed by atoms with Crippen LogP contribution in [-0.4, -0.2) is 44.8 Å². The number of para-hydroxylation sites is 1. The number of nitrogens with one attached hydrogen (secondary N) is 1. The Kier molecular flexibility index (Phi) is 6.44. The SMILES string of the molecule is Cc1ccccc1-n1c(CC2CCN(C(=O)c3ccc(OC(C)C)cc3)CC2)n[nH]c1=O. The molecule has 3 aromatic rings. The second-order valence-electron chi connectivity index (χ2n) is 8.70. The van der Waals surface area contributed by atoms with Crippen LogP contribution in [0.1, 0.15) is 48.4 Å². The average Bonchev–Trinajstić information content (AvgIpc) is 3.14. The number of hydrogen-bond acceptors (Lipinski definition) is 4. The highest BCUT2D eigenvalue weighted by Gasteiger charge is 2.26. The van der Waals surface area contributed by atoms with Gasteiger partial charge in [0.15, 0.2) is 0 Å². The molecule has 2 heterocycles. The molecule has 2 aromatic carbocycles. The highest BCUT2D eigenvalue weighted by atomic mass is 16.5. The number of carbonyl (C=O) groups excluding carboxylic acids is 1. The van der Waals surface area contributed by atoms with E-state index in [1.807, 2.05) is 74.2 Å². The number of hydrogen-bond donors (Lipinski definition) is 1. The summed E-state index contributed by atoms with van der Waals surface area (Å²) < 4.78 is 7.33. The van der Waals surface area contributed by atoms with Crippen molar-refractivity contribution < 1.29 is 9.53 Å². The summed E-state index contributed by atoms with van der Waals surface area (Å²) in [6, 6.07) is 15.2. The van der Waals surface area contributed by atoms with Crippen LogP contribution in [0.4, 0.5) is 0 Å². The molecule has 0 radical (unpaired) electrons. The maximum absolute atomic E-state index is 12.9. The van der Waals surface area contributed by atoms with E-state index in [4.69, 9.17) is 4.74 Å². The standard InChI is InChI=1S/C25H30N4O3/c1-17(2)32-21-10-8-20(9-11-21)24(30)28-14-12-19(13-15-28)16-23-26-27-25(31)29(23)22-7-5-4-6-18(22)3/h4-11,17,19H,12-16H2,1-3H3,(H,27,31). The van der Waals surface area contributed by atoms with Crippen LogP contribution in [0.15, 0.2) is 53.3 Å². The summed E-state index contributed by atoms with van der Waals surface area (Å²) in [6.45, 7) is 7.35. The van der Waals surface area contributed by atoms with Crippen molar-refractivity contribution >= 4 is 5.91 Å². The second-order valence-corrected chi connectivity index (χ2v) is 8.70. The van der Waals surface area contributed by atoms with Crippen molar-refractivity contribution in [3.8, 4) is 11.4 Å². The first-order valence-electron chi connectivity index (χ1n) is 11.2. The quantitative estimate of drug-likeness (QED) is 0.641. The van der Waals surface area contributed by atoms with Gasteiger partial charge in [-0.1, -0.05) is 18.2 Å². The molecule has 0 unspecified atom stereocenters. The predicted octanol–water partition coefficient (Wildman–Crippen LogP) is 3.75. The van der Waals surface area contributed by atoms with Crippen molar-refractivity contribution in [2.75, 3.05) is 13.1 Å². The van der Waals surface area contributed by atoms with Gasteiger partial charge in [0.05, 0.1) is 11.8 Å². The van der Waals surface area contributed by atoms with Crippen LogP contribution in [0.2, 0.25) is 0 Å². The minimum absolute atomic E-state index is 0.0520. The highest BCUT2D eigenvalue weighted by Crippen LogP contribution is 2.24. The van der Waals surface area contributed by atoms with Crippen LogP contribution in [0.3, 0.4) is 0 Å². The van der Waals surface area contributed by atoms with Gasteiger partial charge < -0.3 is 9.64 Å². The van der Waals surface area contributed by atoms with E-state index in [0.717, 1.165) is 35.7 Å². The van der Waals surface area contributed by atoms with E-state index in [0.29, 0.717) is 31.0 Å². The Labute approximate surface area is 188 Å². The Morgan fingerprint density at radius 1 is 1.12 bits per heavy atom. The van der Waals surface area contributed by atoms with Gasteiger partial charge >= 0.3 is 5.69 Å². The van der Waals surface area contributed by atoms with E-state index in [1.54, 1.807) is 4.57 Å². The molecule has 0 aliphatic carbocycles. The van der Waals surface area contributed by atoms with Crippen molar-refractivity contribution in [3.05, 3.63) is 76.0 Å². The molecule has 1 saturated heterocycles. The third kappa shape index (κ3) is 4.77. The second kappa shape index (κ2) is 9.42. The van der Waals surface area contributed by atoms with E-state index in [2.05, 4.69) is 10.2 Å². The first-order chi connectivity index (χ1) is 15.4. The van der Waals surface area contributed by atoms with Gasteiger partial charge in [-0.2, -0.15) is 5.10 Å². The Morgan fingerprint density at radius 3 is 2.47 bits per heavy atom. The van der Waals surface area contributed by atoms with E-state index in [-0.39, 0.29) is 17.7 Å². The van der Waals surface area contributed by atoms with Crippen LogP contribution in [0.5, 0.6) is 5.75 Å². The number of aromatic amines is 1. The number of benzene rings is 2. The lowest BCUT2D eigenvalue weighted by Crippen LogP contribution is -2.39. The lowest BCUT2D eigenvalue weighted by Gasteiger charge is -2.32. The molecule has 1 aromatic heterocycles. The molecule has 7 heteroatoms. The summed E-state index contributed by atoms with van der Waals surface area (Å²) in [5.41, 5.74) is 2.35. The summed E-state index contributed by atoms with van der Waals surface area (Å²) in [5, 5.41) is 6.89. The molecule has 0 spiro atoms. The predicted molar refractivity (Wildman–Crippen MR) is 123 cm³/mol. The number of aryl methyl sites for hydroxylation is 1. The van der Waals surface area contributed by atoms with Gasteiger partial charge in [-0.05, 0) is 75.4 Å². The highest BCUT2D eigenvalue weighted by molar-refractivity contribution is 5.94. The molecule has 32 heavy (non-hydrogen) atoms. The monoisotopic (exact) mass is 434 g/mol. The van der Waals surface area contributed by atoms with Crippen molar-refractivity contribution in [3.63, 3.8) is 0 Å². The Bertz CT molecular complexity index is 1120. The van der Waals surface area contributed by atoms with Gasteiger partial charge in [-0.25, -0.2) is 14.5 Å². The normalized spacial score (nSPS) is 14.7. The zero-order valence-electron chi connectivity index (χ0n) is 18.9. The van der Waals surface area contributed by atoms with Crippen LogP contribution in [-0.2, 0) is 6.42 Å². The van der Waals surface area contributed by atoms with Crippen LogP contribution >= 0.6 is 0 Å². The molecule has 1 fully saturated rings. The first kappa shape index (κ1) is 21.9. The molecule has 4 rings (SSSR count). The van der Waals surface area contributed by atoms with E-state index < -0.39 is 0 Å². The first-order valence-corrected chi connectivity index (χ1v) is 11.2. The zero-order valence-corrected chi connectivity index (χ0v) is 18.9. The molecule has 1 N–H and O–H groups in total. The van der Waals surface area contributed by atoms with Crippen molar-refractivity contribution in [2.45, 2.75) is 46.1 Å². The number of aromatic nitrogens is 3. The molecule has 168 valence electrons. The number of nitrogens with zero attached hydrogens (tertiary/aromatic N) is 3. The topological polar surface area (TPSA) is 80.2 Å². The third-order valence-electron chi connectivity index (χ3n) is 5.94. The smallest absolute Gasteiger partial charge is 0.347 e. The fourth-order valence-corrected chi connectivity index (χ4v) is 4.26. The largest absolute Gasteiger partial charge is 0.491 e. The maximum Gasteiger partial charge on any atom is 0.347 e. The average molecular weight is 435 g/mol. The Hall–Kier alpha value is -3.35. The number of piperidine rings is 1. The van der Waals surface area contributed by atoms with Crippen LogP contribution in [0, 0.1) is 12.8 Å². The molecule has 0 bridgehead atoms. The fraction of sp³-hybridized carbons (Fsp3) is 0.400. The minimum atomic E-state index is -0.216. The minimum Gasteiger partial charge on any atom is -0.491 e. The number of carbonyl (C=O) groups is 1. The third-order valence-corrected chi connectivity index (χ3v) is 5.94. The number of rotatable bonds is 6. The zero-order chi connectivity index (χ0) is 22.7. The Balaban J connectivity index is 1.38. The molecule has 7 nitrogen and oxygen atoms in total. The molecular formula is C25H30N4O3. The van der Waals surface area contributed by atoms with Crippen molar-refractivity contribution in [2.24, 2.45) is 5.92 Å². The number of H-pyrrole nitrogens is 1. The summed E-state index contributed by atoms with van der Waals surface area (Å²) in [4.78, 5) is 27.2. The molecule has 1 aliphatic rings. The summed E-state index contributed by atoms with van der Waals surface area (Å²) >= 11 is 0. The summed E-state index contributed by atoms with van der Waals surface area (Å²) in [7, 11) is 0. The van der Waals surface area contributed by atoms with Gasteiger partial charge in [0.25, 0.3) is 5.91 Å². The number of ether oxygens (including phenoxy) is 1. The molecule has 0 atom stereocenters. The van der Waals surface area contributed by atoms with Gasteiger partial charge in [-0.3, -0.25) is 4.79 Å². The maximum atomic E-state index is 12.9. The van der Waals surface area contributed by atoms with Crippen LogP contribution in [0.25, 0.3) is 5.69 Å².